The van der Waals surface area contributed by atoms with Crippen LogP contribution in [0.5, 0.6) is 0 Å². The summed E-state index contributed by atoms with van der Waals surface area (Å²) in [7, 11) is 0. The van der Waals surface area contributed by atoms with Crippen molar-refractivity contribution in [3.8, 4) is 0 Å². The average molecular weight is 601 g/mol. The van der Waals surface area contributed by atoms with E-state index in [1.807, 2.05) is 0 Å². The summed E-state index contributed by atoms with van der Waals surface area (Å²) in [6.45, 7) is 2.40. The van der Waals surface area contributed by atoms with E-state index in [0.29, 0.717) is 6.42 Å². The monoisotopic (exact) mass is 600 g/mol. The Balaban J connectivity index is 1.73. The van der Waals surface area contributed by atoms with Gasteiger partial charge < -0.3 is 74.4 Å². The molecule has 0 bridgehead atoms. The van der Waals surface area contributed by atoms with Crippen LogP contribution < -0.4 is 0 Å². The molecule has 242 valence electrons. The predicted octanol–water partition coefficient (Wildman–Crippen LogP) is -3.16. The van der Waals surface area contributed by atoms with Crippen LogP contribution in [0.3, 0.4) is 0 Å². The van der Waals surface area contributed by atoms with Crippen LogP contribution in [-0.2, 0) is 28.4 Å². The molecule has 0 aliphatic carbocycles. The summed E-state index contributed by atoms with van der Waals surface area (Å²) in [4.78, 5) is 0. The van der Waals surface area contributed by atoms with Gasteiger partial charge in [-0.15, -0.1) is 0 Å². The summed E-state index contributed by atoms with van der Waals surface area (Å²) >= 11 is 0. The Labute approximate surface area is 239 Å². The van der Waals surface area contributed by atoms with Gasteiger partial charge in [0.2, 0.25) is 0 Å². The SMILES string of the molecule is CCCCCCCCO[C@@H]1O[C@H](CO)[C@H](O)[C@H](O[C@@H]2O[C@H](CO)[C@H](O)[C@H](O)[C@H]2O[C@@H]2O[C@@H](C)[C@@H](O)[C@@H](O)[C@@H]2O)[C@H]1O. The second-order valence-corrected chi connectivity index (χ2v) is 10.9. The van der Waals surface area contributed by atoms with Gasteiger partial charge in [0, 0.05) is 6.61 Å². The van der Waals surface area contributed by atoms with Crippen LogP contribution in [0.2, 0.25) is 0 Å². The maximum absolute atomic E-state index is 11.0. The molecule has 0 unspecified atom stereocenters. The Morgan fingerprint density at radius 1 is 0.537 bits per heavy atom. The fourth-order valence-corrected chi connectivity index (χ4v) is 5.18. The number of ether oxygens (including phenoxy) is 6. The van der Waals surface area contributed by atoms with Crippen molar-refractivity contribution in [2.24, 2.45) is 0 Å². The quantitative estimate of drug-likeness (QED) is 0.0895. The Bertz CT molecular complexity index is 748. The minimum absolute atomic E-state index is 0.237. The van der Waals surface area contributed by atoms with Gasteiger partial charge in [0.15, 0.2) is 18.9 Å². The molecule has 3 saturated heterocycles. The minimum atomic E-state index is -1.79. The number of aliphatic hydroxyl groups is 9. The van der Waals surface area contributed by atoms with E-state index >= 15 is 0 Å². The van der Waals surface area contributed by atoms with Gasteiger partial charge in [-0.1, -0.05) is 39.0 Å². The van der Waals surface area contributed by atoms with E-state index < -0.39 is 105 Å². The number of unbranched alkanes of at least 4 members (excludes halogenated alkanes) is 5. The zero-order valence-electron chi connectivity index (χ0n) is 23.5. The zero-order valence-corrected chi connectivity index (χ0v) is 23.5. The van der Waals surface area contributed by atoms with Gasteiger partial charge >= 0.3 is 0 Å². The van der Waals surface area contributed by atoms with E-state index in [4.69, 9.17) is 28.4 Å². The summed E-state index contributed by atoms with van der Waals surface area (Å²) in [5, 5.41) is 93.1. The van der Waals surface area contributed by atoms with E-state index in [1.54, 1.807) is 0 Å². The smallest absolute Gasteiger partial charge is 0.187 e. The summed E-state index contributed by atoms with van der Waals surface area (Å²) in [5.74, 6) is 0. The second-order valence-electron chi connectivity index (χ2n) is 10.9. The van der Waals surface area contributed by atoms with Crippen molar-refractivity contribution in [1.29, 1.82) is 0 Å². The third-order valence-electron chi connectivity index (χ3n) is 7.82. The molecule has 41 heavy (non-hydrogen) atoms. The van der Waals surface area contributed by atoms with Crippen molar-refractivity contribution >= 4 is 0 Å². The van der Waals surface area contributed by atoms with Gasteiger partial charge in [0.05, 0.1) is 19.3 Å². The molecule has 0 saturated carbocycles. The fourth-order valence-electron chi connectivity index (χ4n) is 5.18. The molecule has 15 atom stereocenters. The Kier molecular flexibility index (Phi) is 14.0. The highest BCUT2D eigenvalue weighted by Crippen LogP contribution is 2.33. The van der Waals surface area contributed by atoms with E-state index in [-0.39, 0.29) is 6.61 Å². The third-order valence-corrected chi connectivity index (χ3v) is 7.82. The second kappa shape index (κ2) is 16.5. The first kappa shape index (κ1) is 34.9. The zero-order chi connectivity index (χ0) is 30.3. The molecule has 0 aromatic heterocycles. The number of aliphatic hydroxyl groups excluding tert-OH is 9. The minimum Gasteiger partial charge on any atom is -0.394 e. The van der Waals surface area contributed by atoms with Gasteiger partial charge in [0.25, 0.3) is 0 Å². The molecule has 0 amide bonds. The van der Waals surface area contributed by atoms with Crippen molar-refractivity contribution in [3.05, 3.63) is 0 Å². The fraction of sp³-hybridized carbons (Fsp3) is 1.00. The molecular formula is C26H48O15. The van der Waals surface area contributed by atoms with Gasteiger partial charge in [-0.3, -0.25) is 0 Å². The van der Waals surface area contributed by atoms with E-state index in [1.165, 1.54) is 6.92 Å². The van der Waals surface area contributed by atoms with Crippen LogP contribution in [0.4, 0.5) is 0 Å². The molecule has 15 heteroatoms. The van der Waals surface area contributed by atoms with Gasteiger partial charge in [-0.05, 0) is 13.3 Å². The van der Waals surface area contributed by atoms with Crippen LogP contribution >= 0.6 is 0 Å². The molecule has 3 fully saturated rings. The standard InChI is InChI=1S/C26H48O15/c1-3-4-5-6-7-8-9-36-24-21(35)22(17(31)14(11-28)38-24)40-26-23(19(33)16(30)13(10-27)39-26)41-25-20(34)18(32)15(29)12(2)37-25/h12-35H,3-11H2,1-2H3/t12-,13+,14+,15+,16-,17-,18+,19-,20-,21+,22-,23+,24+,25-,26-/m0/s1. The molecule has 0 radical (unpaired) electrons. The van der Waals surface area contributed by atoms with Crippen LogP contribution in [0.25, 0.3) is 0 Å². The first-order valence-corrected chi connectivity index (χ1v) is 14.4. The molecule has 3 rings (SSSR count). The molecule has 0 aromatic rings. The Hall–Kier alpha value is -0.600. The van der Waals surface area contributed by atoms with Crippen LogP contribution in [0.15, 0.2) is 0 Å². The van der Waals surface area contributed by atoms with Crippen LogP contribution in [0.1, 0.15) is 52.4 Å². The number of hydrogen-bond donors (Lipinski definition) is 9. The van der Waals surface area contributed by atoms with Crippen molar-refractivity contribution < 1.29 is 74.4 Å². The summed E-state index contributed by atoms with van der Waals surface area (Å²) < 4.78 is 33.8. The first-order valence-electron chi connectivity index (χ1n) is 14.4. The molecule has 0 spiro atoms. The summed E-state index contributed by atoms with van der Waals surface area (Å²) in [6, 6.07) is 0. The largest absolute Gasteiger partial charge is 0.394 e. The van der Waals surface area contributed by atoms with Gasteiger partial charge in [0.1, 0.15) is 67.1 Å². The maximum Gasteiger partial charge on any atom is 0.187 e. The van der Waals surface area contributed by atoms with E-state index in [2.05, 4.69) is 6.92 Å². The van der Waals surface area contributed by atoms with Crippen molar-refractivity contribution in [2.45, 2.75) is 144 Å². The van der Waals surface area contributed by atoms with Crippen molar-refractivity contribution in [2.75, 3.05) is 19.8 Å². The highest BCUT2D eigenvalue weighted by atomic mass is 16.8. The van der Waals surface area contributed by atoms with Crippen molar-refractivity contribution in [1.82, 2.24) is 0 Å². The van der Waals surface area contributed by atoms with Crippen molar-refractivity contribution in [3.63, 3.8) is 0 Å². The number of rotatable bonds is 14. The normalized spacial score (nSPS) is 45.6. The maximum atomic E-state index is 11.0. The molecule has 3 aliphatic heterocycles. The highest BCUT2D eigenvalue weighted by Gasteiger charge is 2.53. The lowest BCUT2D eigenvalue weighted by atomic mass is 9.96. The molecule has 9 N–H and O–H groups in total. The molecule has 0 aromatic carbocycles. The van der Waals surface area contributed by atoms with Gasteiger partial charge in [-0.25, -0.2) is 0 Å². The van der Waals surface area contributed by atoms with E-state index in [9.17, 15) is 46.0 Å². The third kappa shape index (κ3) is 8.53. The topological polar surface area (TPSA) is 237 Å². The molecule has 3 heterocycles. The summed E-state index contributed by atoms with van der Waals surface area (Å²) in [5.41, 5.74) is 0. The van der Waals surface area contributed by atoms with E-state index in [0.717, 1.165) is 32.1 Å². The Morgan fingerprint density at radius 2 is 1.12 bits per heavy atom. The lowest BCUT2D eigenvalue weighted by molar-refractivity contribution is -0.387. The summed E-state index contributed by atoms with van der Waals surface area (Å²) in [6.07, 6.45) is -16.8. The molecular weight excluding hydrogens is 552 g/mol. The van der Waals surface area contributed by atoms with Crippen LogP contribution in [-0.4, -0.2) is 158 Å². The first-order chi connectivity index (χ1) is 19.5. The lowest BCUT2D eigenvalue weighted by Crippen LogP contribution is -2.66. The predicted molar refractivity (Wildman–Crippen MR) is 137 cm³/mol. The van der Waals surface area contributed by atoms with Gasteiger partial charge in [-0.2, -0.15) is 0 Å². The molecule has 3 aliphatic rings. The number of hydrogen-bond acceptors (Lipinski definition) is 15. The molecule has 15 nitrogen and oxygen atoms in total. The van der Waals surface area contributed by atoms with Crippen LogP contribution in [0, 0.1) is 0 Å². The highest BCUT2D eigenvalue weighted by molar-refractivity contribution is 4.96. The average Bonchev–Trinajstić information content (AvgIpc) is 2.96. The lowest BCUT2D eigenvalue weighted by Gasteiger charge is -2.48. The Morgan fingerprint density at radius 3 is 1.78 bits per heavy atom.